The van der Waals surface area contributed by atoms with Gasteiger partial charge >= 0.3 is 0 Å². The van der Waals surface area contributed by atoms with Gasteiger partial charge in [0.2, 0.25) is 0 Å². The Balaban J connectivity index is 1.72. The number of hydrogen-bond donors (Lipinski definition) is 3. The fraction of sp³-hybridized carbons (Fsp3) is 0.0909. The highest BCUT2D eigenvalue weighted by Crippen LogP contribution is 2.23. The molecule has 0 spiro atoms. The number of benzene rings is 3. The van der Waals surface area contributed by atoms with Crippen molar-refractivity contribution in [1.29, 1.82) is 0 Å². The Hall–Kier alpha value is -3.32. The standard InChI is InChI=1S/C22H19BrN2O4/c1-14-4-2-3-5-15(14)13-29-21-7-6-18(23)8-17(21)12-24-25-22(28)16-9-19(26)11-20(27)10-16/h2-12,26-27H,13H2,1H3,(H,25,28). The highest BCUT2D eigenvalue weighted by Gasteiger charge is 2.08. The van der Waals surface area contributed by atoms with Gasteiger partial charge in [0.1, 0.15) is 23.9 Å². The summed E-state index contributed by atoms with van der Waals surface area (Å²) in [5, 5.41) is 22.9. The number of carbonyl (C=O) groups excluding carboxylic acids is 1. The molecule has 148 valence electrons. The molecule has 0 radical (unpaired) electrons. The van der Waals surface area contributed by atoms with Gasteiger partial charge < -0.3 is 14.9 Å². The predicted molar refractivity (Wildman–Crippen MR) is 114 cm³/mol. The van der Waals surface area contributed by atoms with Crippen LogP contribution in [0.2, 0.25) is 0 Å². The molecule has 0 saturated heterocycles. The van der Waals surface area contributed by atoms with Gasteiger partial charge in [0.15, 0.2) is 0 Å². The zero-order valence-corrected chi connectivity index (χ0v) is 17.2. The van der Waals surface area contributed by atoms with Crippen molar-refractivity contribution in [1.82, 2.24) is 5.43 Å². The number of nitrogens with zero attached hydrogens (tertiary/aromatic N) is 1. The fourth-order valence-corrected chi connectivity index (χ4v) is 3.01. The van der Waals surface area contributed by atoms with Gasteiger partial charge in [-0.15, -0.1) is 0 Å². The Morgan fingerprint density at radius 1 is 1.10 bits per heavy atom. The molecule has 0 fully saturated rings. The van der Waals surface area contributed by atoms with E-state index in [1.807, 2.05) is 49.4 Å². The molecule has 3 N–H and O–H groups in total. The summed E-state index contributed by atoms with van der Waals surface area (Å²) in [5.74, 6) is -0.370. The SMILES string of the molecule is Cc1ccccc1COc1ccc(Br)cc1C=NNC(=O)c1cc(O)cc(O)c1. The fourth-order valence-electron chi connectivity index (χ4n) is 2.63. The van der Waals surface area contributed by atoms with E-state index in [9.17, 15) is 15.0 Å². The first-order chi connectivity index (χ1) is 13.9. The minimum absolute atomic E-state index is 0.0879. The van der Waals surface area contributed by atoms with E-state index < -0.39 is 5.91 Å². The number of aryl methyl sites for hydroxylation is 1. The van der Waals surface area contributed by atoms with Crippen molar-refractivity contribution in [2.75, 3.05) is 0 Å². The molecule has 3 aromatic carbocycles. The Bertz CT molecular complexity index is 1050. The molecule has 0 aliphatic rings. The summed E-state index contributed by atoms with van der Waals surface area (Å²) < 4.78 is 6.78. The van der Waals surface area contributed by atoms with Gasteiger partial charge in [0, 0.05) is 21.7 Å². The van der Waals surface area contributed by atoms with Gasteiger partial charge in [-0.2, -0.15) is 5.10 Å². The molecule has 3 aromatic rings. The van der Waals surface area contributed by atoms with Crippen LogP contribution in [0.25, 0.3) is 0 Å². The summed E-state index contributed by atoms with van der Waals surface area (Å²) in [5.41, 5.74) is 5.35. The monoisotopic (exact) mass is 454 g/mol. The highest BCUT2D eigenvalue weighted by atomic mass is 79.9. The van der Waals surface area contributed by atoms with Gasteiger partial charge in [0.25, 0.3) is 5.91 Å². The Labute approximate surface area is 176 Å². The van der Waals surface area contributed by atoms with Crippen molar-refractivity contribution in [3.8, 4) is 17.2 Å². The maximum atomic E-state index is 12.2. The van der Waals surface area contributed by atoms with E-state index in [1.54, 1.807) is 0 Å². The second-order valence-corrected chi connectivity index (χ2v) is 7.25. The summed E-state index contributed by atoms with van der Waals surface area (Å²) in [7, 11) is 0. The number of aromatic hydroxyl groups is 2. The molecule has 0 unspecified atom stereocenters. The van der Waals surface area contributed by atoms with E-state index in [2.05, 4.69) is 26.5 Å². The molecule has 7 heteroatoms. The lowest BCUT2D eigenvalue weighted by Gasteiger charge is -2.11. The Kier molecular flexibility index (Phi) is 6.51. The van der Waals surface area contributed by atoms with E-state index in [0.29, 0.717) is 17.9 Å². The topological polar surface area (TPSA) is 91.2 Å². The summed E-state index contributed by atoms with van der Waals surface area (Å²) in [6, 6.07) is 17.1. The van der Waals surface area contributed by atoms with Crippen molar-refractivity contribution in [3.05, 3.63) is 87.4 Å². The second kappa shape index (κ2) is 9.25. The molecule has 0 heterocycles. The third kappa shape index (κ3) is 5.58. The van der Waals surface area contributed by atoms with Crippen LogP contribution in [-0.2, 0) is 6.61 Å². The number of hydrazone groups is 1. The number of amides is 1. The number of nitrogens with one attached hydrogen (secondary N) is 1. The van der Waals surface area contributed by atoms with Crippen LogP contribution in [0.1, 0.15) is 27.0 Å². The van der Waals surface area contributed by atoms with E-state index in [-0.39, 0.29) is 17.1 Å². The summed E-state index contributed by atoms with van der Waals surface area (Å²) >= 11 is 3.42. The number of carbonyl (C=O) groups is 1. The van der Waals surface area contributed by atoms with Crippen LogP contribution in [0, 0.1) is 6.92 Å². The van der Waals surface area contributed by atoms with Crippen molar-refractivity contribution < 1.29 is 19.7 Å². The largest absolute Gasteiger partial charge is 0.508 e. The first kappa shape index (κ1) is 20.4. The third-order valence-electron chi connectivity index (χ3n) is 4.15. The van der Waals surface area contributed by atoms with Crippen molar-refractivity contribution >= 4 is 28.1 Å². The molecule has 0 atom stereocenters. The zero-order valence-electron chi connectivity index (χ0n) is 15.6. The first-order valence-corrected chi connectivity index (χ1v) is 9.55. The lowest BCUT2D eigenvalue weighted by Crippen LogP contribution is -2.17. The van der Waals surface area contributed by atoms with Crippen molar-refractivity contribution in [2.24, 2.45) is 5.10 Å². The first-order valence-electron chi connectivity index (χ1n) is 8.75. The molecule has 3 rings (SSSR count). The minimum Gasteiger partial charge on any atom is -0.508 e. The number of phenols is 2. The van der Waals surface area contributed by atoms with Gasteiger partial charge in [-0.3, -0.25) is 4.79 Å². The summed E-state index contributed by atoms with van der Waals surface area (Å²) in [6.45, 7) is 2.43. The molecule has 6 nitrogen and oxygen atoms in total. The van der Waals surface area contributed by atoms with Crippen molar-refractivity contribution in [3.63, 3.8) is 0 Å². The van der Waals surface area contributed by atoms with E-state index in [0.717, 1.165) is 21.7 Å². The van der Waals surface area contributed by atoms with Crippen LogP contribution in [0.3, 0.4) is 0 Å². The summed E-state index contributed by atoms with van der Waals surface area (Å²) in [6.07, 6.45) is 1.47. The smallest absolute Gasteiger partial charge is 0.271 e. The van der Waals surface area contributed by atoms with Crippen LogP contribution < -0.4 is 10.2 Å². The van der Waals surface area contributed by atoms with Gasteiger partial charge in [-0.1, -0.05) is 40.2 Å². The second-order valence-electron chi connectivity index (χ2n) is 6.33. The van der Waals surface area contributed by atoms with Crippen LogP contribution in [0.4, 0.5) is 0 Å². The number of phenolic OH excluding ortho intramolecular Hbond substituents is 2. The number of hydrogen-bond acceptors (Lipinski definition) is 5. The quantitative estimate of drug-likeness (QED) is 0.377. The van der Waals surface area contributed by atoms with Gasteiger partial charge in [-0.25, -0.2) is 5.43 Å². The normalized spacial score (nSPS) is 10.8. The molecular formula is C22H19BrN2O4. The van der Waals surface area contributed by atoms with E-state index in [1.165, 1.54) is 18.3 Å². The van der Waals surface area contributed by atoms with Crippen LogP contribution >= 0.6 is 15.9 Å². The average molecular weight is 455 g/mol. The van der Waals surface area contributed by atoms with Crippen molar-refractivity contribution in [2.45, 2.75) is 13.5 Å². The maximum absolute atomic E-state index is 12.2. The molecule has 1 amide bonds. The predicted octanol–water partition coefficient (Wildman–Crippen LogP) is 4.51. The lowest BCUT2D eigenvalue weighted by atomic mass is 10.1. The van der Waals surface area contributed by atoms with Gasteiger partial charge in [0.05, 0.1) is 6.21 Å². The molecule has 0 bridgehead atoms. The minimum atomic E-state index is -0.565. The number of ether oxygens (including phenoxy) is 1. The van der Waals surface area contributed by atoms with E-state index >= 15 is 0 Å². The van der Waals surface area contributed by atoms with E-state index in [4.69, 9.17) is 4.74 Å². The Morgan fingerprint density at radius 3 is 2.55 bits per heavy atom. The maximum Gasteiger partial charge on any atom is 0.271 e. The molecule has 0 saturated carbocycles. The number of rotatable bonds is 6. The summed E-state index contributed by atoms with van der Waals surface area (Å²) in [4.78, 5) is 12.2. The van der Waals surface area contributed by atoms with Gasteiger partial charge in [-0.05, 0) is 48.4 Å². The molecule has 0 aliphatic carbocycles. The zero-order chi connectivity index (χ0) is 20.8. The molecular weight excluding hydrogens is 436 g/mol. The van der Waals surface area contributed by atoms with Crippen LogP contribution in [-0.4, -0.2) is 22.3 Å². The molecule has 29 heavy (non-hydrogen) atoms. The highest BCUT2D eigenvalue weighted by molar-refractivity contribution is 9.10. The lowest BCUT2D eigenvalue weighted by molar-refractivity contribution is 0.0954. The van der Waals surface area contributed by atoms with Crippen LogP contribution in [0.5, 0.6) is 17.2 Å². The number of halogens is 1. The third-order valence-corrected chi connectivity index (χ3v) is 4.64. The Morgan fingerprint density at radius 2 is 1.83 bits per heavy atom. The molecule has 0 aromatic heterocycles. The van der Waals surface area contributed by atoms with Crippen LogP contribution in [0.15, 0.2) is 70.2 Å². The average Bonchev–Trinajstić information content (AvgIpc) is 2.67. The molecule has 0 aliphatic heterocycles.